The Kier molecular flexibility index (Phi) is 6.82. The van der Waals surface area contributed by atoms with Crippen LogP contribution in [0.4, 0.5) is 24.5 Å². The van der Waals surface area contributed by atoms with Gasteiger partial charge in [-0.15, -0.1) is 0 Å². The van der Waals surface area contributed by atoms with Crippen molar-refractivity contribution in [1.29, 1.82) is 0 Å². The molecule has 0 spiro atoms. The van der Waals surface area contributed by atoms with E-state index in [1.54, 1.807) is 18.2 Å². The molecule has 2 N–H and O–H groups in total. The molecule has 0 unspecified atom stereocenters. The normalized spacial score (nSPS) is 11.5. The van der Waals surface area contributed by atoms with Crippen molar-refractivity contribution in [3.8, 4) is 11.5 Å². The summed E-state index contributed by atoms with van der Waals surface area (Å²) >= 11 is 0. The van der Waals surface area contributed by atoms with E-state index in [9.17, 15) is 26.4 Å². The first-order valence-corrected chi connectivity index (χ1v) is 10.8. The summed E-state index contributed by atoms with van der Waals surface area (Å²) in [5, 5.41) is 2.66. The smallest absolute Gasteiger partial charge is 0.416 e. The van der Waals surface area contributed by atoms with Crippen LogP contribution >= 0.6 is 0 Å². The van der Waals surface area contributed by atoms with E-state index in [1.165, 1.54) is 44.6 Å². The second-order valence-electron chi connectivity index (χ2n) is 6.76. The summed E-state index contributed by atoms with van der Waals surface area (Å²) in [6.45, 7) is 0. The zero-order chi connectivity index (χ0) is 24.2. The number of nitrogens with one attached hydrogen (secondary N) is 2. The van der Waals surface area contributed by atoms with Gasteiger partial charge in [0.25, 0.3) is 15.9 Å². The number of rotatable bonds is 7. The lowest BCUT2D eigenvalue weighted by molar-refractivity contribution is -0.137. The van der Waals surface area contributed by atoms with Crippen molar-refractivity contribution in [2.45, 2.75) is 11.1 Å². The minimum Gasteiger partial charge on any atom is -0.497 e. The number of halogens is 3. The molecule has 0 saturated carbocycles. The summed E-state index contributed by atoms with van der Waals surface area (Å²) in [5.41, 5.74) is -0.656. The quantitative estimate of drug-likeness (QED) is 0.508. The Morgan fingerprint density at radius 2 is 1.45 bits per heavy atom. The van der Waals surface area contributed by atoms with Crippen LogP contribution in [0.5, 0.6) is 11.5 Å². The van der Waals surface area contributed by atoms with Crippen molar-refractivity contribution in [1.82, 2.24) is 0 Å². The molecule has 0 radical (unpaired) electrons. The fraction of sp³-hybridized carbons (Fsp3) is 0.136. The molecule has 1 amide bonds. The summed E-state index contributed by atoms with van der Waals surface area (Å²) in [6.07, 6.45) is -4.61. The van der Waals surface area contributed by atoms with Crippen molar-refractivity contribution in [2.24, 2.45) is 0 Å². The van der Waals surface area contributed by atoms with Crippen molar-refractivity contribution >= 4 is 27.3 Å². The van der Waals surface area contributed by atoms with E-state index in [4.69, 9.17) is 9.47 Å². The first kappa shape index (κ1) is 23.9. The van der Waals surface area contributed by atoms with E-state index in [0.29, 0.717) is 23.3 Å². The molecular weight excluding hydrogens is 461 g/mol. The fourth-order valence-electron chi connectivity index (χ4n) is 2.84. The lowest BCUT2D eigenvalue weighted by Gasteiger charge is -2.12. The standard InChI is InChI=1S/C22H19F3N2O5S/c1-31-18-11-17(12-19(13-18)32-2)26-21(28)14-6-8-20(9-7-14)33(29,30)27-16-5-3-4-15(10-16)22(23,24)25/h3-13,27H,1-2H3,(H,26,28). The zero-order valence-electron chi connectivity index (χ0n) is 17.4. The van der Waals surface area contributed by atoms with Gasteiger partial charge in [-0.25, -0.2) is 8.42 Å². The van der Waals surface area contributed by atoms with Gasteiger partial charge in [-0.05, 0) is 42.5 Å². The van der Waals surface area contributed by atoms with E-state index >= 15 is 0 Å². The van der Waals surface area contributed by atoms with Crippen molar-refractivity contribution in [3.63, 3.8) is 0 Å². The fourth-order valence-corrected chi connectivity index (χ4v) is 3.89. The topological polar surface area (TPSA) is 93.7 Å². The maximum atomic E-state index is 12.9. The Morgan fingerprint density at radius 1 is 0.848 bits per heavy atom. The number of carbonyl (C=O) groups excluding carboxylic acids is 1. The van der Waals surface area contributed by atoms with Crippen LogP contribution in [0.25, 0.3) is 0 Å². The van der Waals surface area contributed by atoms with Crippen LogP contribution < -0.4 is 19.5 Å². The summed E-state index contributed by atoms with van der Waals surface area (Å²) in [4.78, 5) is 12.3. The molecule has 11 heteroatoms. The molecule has 3 rings (SSSR count). The number of ether oxygens (including phenoxy) is 2. The second kappa shape index (κ2) is 9.41. The Bertz CT molecular complexity index is 1240. The van der Waals surface area contributed by atoms with E-state index < -0.39 is 27.7 Å². The predicted octanol–water partition coefficient (Wildman–Crippen LogP) is 4.78. The van der Waals surface area contributed by atoms with Gasteiger partial charge in [-0.1, -0.05) is 6.07 Å². The average molecular weight is 480 g/mol. The monoisotopic (exact) mass is 480 g/mol. The SMILES string of the molecule is COc1cc(NC(=O)c2ccc(S(=O)(=O)Nc3cccc(C(F)(F)F)c3)cc2)cc(OC)c1. The minimum atomic E-state index is -4.61. The summed E-state index contributed by atoms with van der Waals surface area (Å²) in [6, 6.07) is 13.6. The highest BCUT2D eigenvalue weighted by atomic mass is 32.2. The summed E-state index contributed by atoms with van der Waals surface area (Å²) < 4.78 is 76.1. The first-order chi connectivity index (χ1) is 15.5. The molecule has 3 aromatic rings. The van der Waals surface area contributed by atoms with Gasteiger partial charge in [0.2, 0.25) is 0 Å². The molecule has 0 aliphatic rings. The number of anilines is 2. The van der Waals surface area contributed by atoms with E-state index in [1.807, 2.05) is 0 Å². The molecule has 0 saturated heterocycles. The predicted molar refractivity (Wildman–Crippen MR) is 116 cm³/mol. The lowest BCUT2D eigenvalue weighted by Crippen LogP contribution is -2.15. The second-order valence-corrected chi connectivity index (χ2v) is 8.45. The molecule has 174 valence electrons. The maximum Gasteiger partial charge on any atom is 0.416 e. The van der Waals surface area contributed by atoms with Gasteiger partial charge in [-0.3, -0.25) is 9.52 Å². The van der Waals surface area contributed by atoms with Crippen molar-refractivity contribution in [3.05, 3.63) is 77.9 Å². The maximum absolute atomic E-state index is 12.9. The number of hydrogen-bond acceptors (Lipinski definition) is 5. The third-order valence-corrected chi connectivity index (χ3v) is 5.88. The van der Waals surface area contributed by atoms with Gasteiger partial charge < -0.3 is 14.8 Å². The van der Waals surface area contributed by atoms with Gasteiger partial charge >= 0.3 is 6.18 Å². The highest BCUT2D eigenvalue weighted by molar-refractivity contribution is 7.92. The molecule has 0 atom stereocenters. The number of methoxy groups -OCH3 is 2. The Balaban J connectivity index is 1.76. The molecule has 0 bridgehead atoms. The lowest BCUT2D eigenvalue weighted by atomic mass is 10.2. The van der Waals surface area contributed by atoms with Crippen LogP contribution in [0.3, 0.4) is 0 Å². The third kappa shape index (κ3) is 5.95. The number of carbonyl (C=O) groups is 1. The molecule has 0 fully saturated rings. The van der Waals surface area contributed by atoms with Crippen LogP contribution in [0.15, 0.2) is 71.6 Å². The number of amides is 1. The number of benzene rings is 3. The van der Waals surface area contributed by atoms with Crippen molar-refractivity contribution < 1.29 is 35.9 Å². The van der Waals surface area contributed by atoms with E-state index in [0.717, 1.165) is 12.1 Å². The highest BCUT2D eigenvalue weighted by Crippen LogP contribution is 2.31. The molecule has 3 aromatic carbocycles. The van der Waals surface area contributed by atoms with E-state index in [2.05, 4.69) is 10.0 Å². The largest absolute Gasteiger partial charge is 0.497 e. The van der Waals surface area contributed by atoms with Gasteiger partial charge in [0.05, 0.1) is 24.7 Å². The van der Waals surface area contributed by atoms with Gasteiger partial charge in [-0.2, -0.15) is 13.2 Å². The Labute approximate surface area is 188 Å². The average Bonchev–Trinajstić information content (AvgIpc) is 2.78. The Hall–Kier alpha value is -3.73. The van der Waals surface area contributed by atoms with Crippen LogP contribution in [0.1, 0.15) is 15.9 Å². The minimum absolute atomic E-state index is 0.162. The molecule has 0 heterocycles. The molecule has 7 nitrogen and oxygen atoms in total. The van der Waals surface area contributed by atoms with Gasteiger partial charge in [0.15, 0.2) is 0 Å². The molecule has 0 aromatic heterocycles. The zero-order valence-corrected chi connectivity index (χ0v) is 18.3. The highest BCUT2D eigenvalue weighted by Gasteiger charge is 2.30. The number of alkyl halides is 3. The van der Waals surface area contributed by atoms with Crippen molar-refractivity contribution in [2.75, 3.05) is 24.3 Å². The number of sulfonamides is 1. The van der Waals surface area contributed by atoms with Crippen LogP contribution in [0.2, 0.25) is 0 Å². The summed E-state index contributed by atoms with van der Waals surface area (Å²) in [5.74, 6) is 0.415. The third-order valence-electron chi connectivity index (χ3n) is 4.48. The van der Waals surface area contributed by atoms with E-state index in [-0.39, 0.29) is 16.1 Å². The van der Waals surface area contributed by atoms with Gasteiger partial charge in [0.1, 0.15) is 11.5 Å². The Morgan fingerprint density at radius 3 is 2.00 bits per heavy atom. The van der Waals surface area contributed by atoms with Crippen LogP contribution in [-0.4, -0.2) is 28.5 Å². The molecular formula is C22H19F3N2O5S. The molecule has 33 heavy (non-hydrogen) atoms. The first-order valence-electron chi connectivity index (χ1n) is 9.36. The molecule has 0 aliphatic heterocycles. The molecule has 0 aliphatic carbocycles. The summed E-state index contributed by atoms with van der Waals surface area (Å²) in [7, 11) is -1.25. The van der Waals surface area contributed by atoms with Gasteiger partial charge in [0, 0.05) is 35.1 Å². The van der Waals surface area contributed by atoms with Crippen LogP contribution in [0, 0.1) is 0 Å². The number of hydrogen-bond donors (Lipinski definition) is 2. The van der Waals surface area contributed by atoms with Crippen LogP contribution in [-0.2, 0) is 16.2 Å².